The van der Waals surface area contributed by atoms with E-state index in [2.05, 4.69) is 38.1 Å². The fraction of sp³-hybridized carbons (Fsp3) is 0.786. The maximum absolute atomic E-state index is 6.62. The monoisotopic (exact) mass is 267 g/mol. The minimum Gasteiger partial charge on any atom is -0.319 e. The Labute approximate surface area is 114 Å². The number of hydrogen-bond donors (Lipinski definition) is 1. The predicted octanol–water partition coefficient (Wildman–Crippen LogP) is 2.71. The minimum absolute atomic E-state index is 0.118. The Morgan fingerprint density at radius 3 is 2.67 bits per heavy atom. The van der Waals surface area contributed by atoms with Gasteiger partial charge in [-0.3, -0.25) is 0 Å². The topological polar surface area (TPSA) is 42.1 Å². The van der Waals surface area contributed by atoms with Gasteiger partial charge in [-0.15, -0.1) is 11.3 Å². The highest BCUT2D eigenvalue weighted by molar-refractivity contribution is 7.09. The largest absolute Gasteiger partial charge is 0.319 e. The molecule has 0 amide bonds. The molecule has 1 aliphatic rings. The van der Waals surface area contributed by atoms with Crippen molar-refractivity contribution in [1.82, 2.24) is 9.88 Å². The molecule has 3 nitrogen and oxygen atoms in total. The molecule has 0 radical (unpaired) electrons. The molecule has 2 heterocycles. The molecule has 0 spiro atoms. The lowest BCUT2D eigenvalue weighted by Crippen LogP contribution is -2.37. The molecule has 1 unspecified atom stereocenters. The zero-order chi connectivity index (χ0) is 13.4. The summed E-state index contributed by atoms with van der Waals surface area (Å²) in [6.45, 7) is 8.83. The Morgan fingerprint density at radius 1 is 1.33 bits per heavy atom. The van der Waals surface area contributed by atoms with Crippen LogP contribution >= 0.6 is 11.3 Å². The summed E-state index contributed by atoms with van der Waals surface area (Å²) in [5.74, 6) is 0. The van der Waals surface area contributed by atoms with Gasteiger partial charge < -0.3 is 10.6 Å². The average Bonchev–Trinajstić information content (AvgIpc) is 2.70. The first-order valence-corrected chi connectivity index (χ1v) is 7.63. The van der Waals surface area contributed by atoms with Gasteiger partial charge in [-0.05, 0) is 39.4 Å². The quantitative estimate of drug-likeness (QED) is 0.850. The van der Waals surface area contributed by atoms with Gasteiger partial charge in [0.2, 0.25) is 0 Å². The molecule has 1 saturated heterocycles. The van der Waals surface area contributed by atoms with Gasteiger partial charge >= 0.3 is 0 Å². The molecule has 1 fully saturated rings. The van der Waals surface area contributed by atoms with E-state index in [1.165, 1.54) is 5.69 Å². The van der Waals surface area contributed by atoms with Gasteiger partial charge in [-0.2, -0.15) is 0 Å². The van der Waals surface area contributed by atoms with Gasteiger partial charge in [0, 0.05) is 10.8 Å². The van der Waals surface area contributed by atoms with Crippen molar-refractivity contribution in [3.05, 3.63) is 16.1 Å². The summed E-state index contributed by atoms with van der Waals surface area (Å²) < 4.78 is 0. The van der Waals surface area contributed by atoms with E-state index < -0.39 is 0 Å². The van der Waals surface area contributed by atoms with Crippen molar-refractivity contribution in [1.29, 1.82) is 0 Å². The van der Waals surface area contributed by atoms with Crippen LogP contribution in [0.15, 0.2) is 5.38 Å². The van der Waals surface area contributed by atoms with Gasteiger partial charge in [0.1, 0.15) is 5.01 Å². The minimum atomic E-state index is -0.209. The Hall–Kier alpha value is -0.450. The van der Waals surface area contributed by atoms with Crippen LogP contribution < -0.4 is 5.73 Å². The summed E-state index contributed by atoms with van der Waals surface area (Å²) in [7, 11) is 2.17. The van der Waals surface area contributed by atoms with Crippen molar-refractivity contribution in [2.24, 2.45) is 5.73 Å². The molecule has 0 saturated carbocycles. The zero-order valence-electron chi connectivity index (χ0n) is 12.0. The molecule has 2 rings (SSSR count). The van der Waals surface area contributed by atoms with Crippen LogP contribution in [0.25, 0.3) is 0 Å². The molecule has 102 valence electrons. The molecule has 0 bridgehead atoms. The van der Waals surface area contributed by atoms with Crippen molar-refractivity contribution in [2.75, 3.05) is 20.1 Å². The van der Waals surface area contributed by atoms with Gasteiger partial charge in [0.15, 0.2) is 0 Å². The van der Waals surface area contributed by atoms with E-state index in [9.17, 15) is 0 Å². The molecule has 0 aliphatic carbocycles. The Kier molecular flexibility index (Phi) is 3.81. The zero-order valence-corrected chi connectivity index (χ0v) is 12.8. The maximum atomic E-state index is 6.62. The third-order valence-electron chi connectivity index (χ3n) is 3.80. The number of nitrogens with zero attached hydrogens (tertiary/aromatic N) is 2. The van der Waals surface area contributed by atoms with E-state index in [1.54, 1.807) is 11.3 Å². The molecule has 2 N–H and O–H groups in total. The van der Waals surface area contributed by atoms with E-state index >= 15 is 0 Å². The van der Waals surface area contributed by atoms with Crippen LogP contribution in [0.5, 0.6) is 0 Å². The summed E-state index contributed by atoms with van der Waals surface area (Å²) in [6, 6.07) is 0. The van der Waals surface area contributed by atoms with E-state index in [4.69, 9.17) is 10.7 Å². The molecule has 1 aromatic rings. The number of aromatic nitrogens is 1. The van der Waals surface area contributed by atoms with Crippen LogP contribution in [-0.4, -0.2) is 30.0 Å². The van der Waals surface area contributed by atoms with E-state index in [1.807, 2.05) is 0 Å². The van der Waals surface area contributed by atoms with Crippen LogP contribution in [0.3, 0.4) is 0 Å². The average molecular weight is 267 g/mol. The lowest BCUT2D eigenvalue weighted by molar-refractivity contribution is 0.329. The second kappa shape index (κ2) is 4.91. The van der Waals surface area contributed by atoms with Crippen molar-refractivity contribution in [2.45, 2.75) is 51.0 Å². The number of thiazole rings is 1. The first-order chi connectivity index (χ1) is 8.31. The fourth-order valence-corrected chi connectivity index (χ4v) is 3.57. The van der Waals surface area contributed by atoms with Crippen LogP contribution in [0, 0.1) is 0 Å². The van der Waals surface area contributed by atoms with E-state index in [0.29, 0.717) is 0 Å². The summed E-state index contributed by atoms with van der Waals surface area (Å²) in [5.41, 5.74) is 7.70. The molecular formula is C14H25N3S. The van der Waals surface area contributed by atoms with Crippen molar-refractivity contribution >= 4 is 11.3 Å². The number of likely N-dealkylation sites (tertiary alicyclic amines) is 1. The second-order valence-electron chi connectivity index (χ2n) is 6.60. The standard InChI is InChI=1S/C14H25N3S/c1-13(2,3)11-10-18-12(16-11)14(15)6-5-8-17(4)9-7-14/h10H,5-9,15H2,1-4H3. The molecule has 1 aliphatic heterocycles. The normalized spacial score (nSPS) is 27.2. The first kappa shape index (κ1) is 14.0. The Bertz CT molecular complexity index is 407. The van der Waals surface area contributed by atoms with Gasteiger partial charge in [-0.25, -0.2) is 4.98 Å². The molecule has 18 heavy (non-hydrogen) atoms. The van der Waals surface area contributed by atoms with Crippen LogP contribution in [0.2, 0.25) is 0 Å². The smallest absolute Gasteiger partial charge is 0.113 e. The fourth-order valence-electron chi connectivity index (χ4n) is 2.35. The van der Waals surface area contributed by atoms with E-state index in [0.717, 1.165) is 37.4 Å². The SMILES string of the molecule is CN1CCCC(N)(c2nc(C(C)(C)C)cs2)CC1. The lowest BCUT2D eigenvalue weighted by atomic mass is 9.91. The number of hydrogen-bond acceptors (Lipinski definition) is 4. The highest BCUT2D eigenvalue weighted by Crippen LogP contribution is 2.34. The second-order valence-corrected chi connectivity index (χ2v) is 7.46. The third kappa shape index (κ3) is 2.92. The van der Waals surface area contributed by atoms with Gasteiger partial charge in [0.25, 0.3) is 0 Å². The number of nitrogens with two attached hydrogens (primary N) is 1. The van der Waals surface area contributed by atoms with Crippen molar-refractivity contribution in [3.63, 3.8) is 0 Å². The summed E-state index contributed by atoms with van der Waals surface area (Å²) >= 11 is 1.74. The highest BCUT2D eigenvalue weighted by atomic mass is 32.1. The van der Waals surface area contributed by atoms with Crippen LogP contribution in [0.4, 0.5) is 0 Å². The summed E-state index contributed by atoms with van der Waals surface area (Å²) in [4.78, 5) is 7.19. The molecule has 1 aromatic heterocycles. The lowest BCUT2D eigenvalue weighted by Gasteiger charge is -2.25. The van der Waals surface area contributed by atoms with Crippen molar-refractivity contribution < 1.29 is 0 Å². The number of rotatable bonds is 1. The maximum Gasteiger partial charge on any atom is 0.113 e. The third-order valence-corrected chi connectivity index (χ3v) is 4.86. The summed E-state index contributed by atoms with van der Waals surface area (Å²) in [6.07, 6.45) is 3.23. The van der Waals surface area contributed by atoms with E-state index in [-0.39, 0.29) is 11.0 Å². The highest BCUT2D eigenvalue weighted by Gasteiger charge is 2.33. The van der Waals surface area contributed by atoms with Gasteiger partial charge in [0.05, 0.1) is 11.2 Å². The Morgan fingerprint density at radius 2 is 2.06 bits per heavy atom. The molecule has 0 aromatic carbocycles. The van der Waals surface area contributed by atoms with Crippen molar-refractivity contribution in [3.8, 4) is 0 Å². The van der Waals surface area contributed by atoms with Crippen LogP contribution in [-0.2, 0) is 11.0 Å². The molecule has 4 heteroatoms. The first-order valence-electron chi connectivity index (χ1n) is 6.75. The molecular weight excluding hydrogens is 242 g/mol. The Balaban J connectivity index is 2.21. The van der Waals surface area contributed by atoms with Crippen LogP contribution in [0.1, 0.15) is 50.7 Å². The molecule has 1 atom stereocenters. The van der Waals surface area contributed by atoms with Gasteiger partial charge in [-0.1, -0.05) is 20.8 Å². The predicted molar refractivity (Wildman–Crippen MR) is 78.0 cm³/mol. The summed E-state index contributed by atoms with van der Waals surface area (Å²) in [5, 5.41) is 3.31.